The molecule has 0 saturated carbocycles. The molecular weight excluding hydrogens is 376 g/mol. The third-order valence-electron chi connectivity index (χ3n) is 6.33. The summed E-state index contributed by atoms with van der Waals surface area (Å²) in [5, 5.41) is 0. The van der Waals surface area contributed by atoms with Gasteiger partial charge >= 0.3 is 5.97 Å². The minimum absolute atomic E-state index is 0.0183. The predicted molar refractivity (Wildman–Crippen MR) is 118 cm³/mol. The first-order chi connectivity index (χ1) is 14.4. The summed E-state index contributed by atoms with van der Waals surface area (Å²) in [5.74, 6) is -0.229. The van der Waals surface area contributed by atoms with Gasteiger partial charge in [0.1, 0.15) is 0 Å². The van der Waals surface area contributed by atoms with Gasteiger partial charge in [-0.15, -0.1) is 0 Å². The molecule has 2 N–H and O–H groups in total. The molecule has 1 aliphatic heterocycles. The average molecular weight is 405 g/mol. The van der Waals surface area contributed by atoms with E-state index in [-0.39, 0.29) is 17.3 Å². The lowest BCUT2D eigenvalue weighted by Gasteiger charge is -2.26. The Morgan fingerprint density at radius 3 is 2.73 bits per heavy atom. The van der Waals surface area contributed by atoms with Crippen molar-refractivity contribution in [3.8, 4) is 0 Å². The molecule has 2 aliphatic rings. The summed E-state index contributed by atoms with van der Waals surface area (Å²) in [6.45, 7) is 4.73. The van der Waals surface area contributed by atoms with Crippen molar-refractivity contribution in [3.05, 3.63) is 70.8 Å². The number of nitrogens with zero attached hydrogens (tertiary/aromatic N) is 1. The van der Waals surface area contributed by atoms with Crippen LogP contribution >= 0.6 is 0 Å². The van der Waals surface area contributed by atoms with Gasteiger partial charge in [0.05, 0.1) is 6.61 Å². The monoisotopic (exact) mass is 404 g/mol. The number of hydrogen-bond donors (Lipinski definition) is 1. The highest BCUT2D eigenvalue weighted by Crippen LogP contribution is 2.46. The third-order valence-corrected chi connectivity index (χ3v) is 6.33. The molecular formula is C25H28N2O3. The van der Waals surface area contributed by atoms with Gasteiger partial charge in [0.15, 0.2) is 0 Å². The Kier molecular flexibility index (Phi) is 5.37. The molecule has 0 saturated heterocycles. The Hall–Kier alpha value is -3.08. The number of nitrogen functional groups attached to an aromatic ring is 1. The number of esters is 1. The maximum absolute atomic E-state index is 13.4. The Bertz CT molecular complexity index is 1030. The van der Waals surface area contributed by atoms with E-state index in [0.717, 1.165) is 48.1 Å². The van der Waals surface area contributed by atoms with E-state index in [4.69, 9.17) is 10.5 Å². The summed E-state index contributed by atoms with van der Waals surface area (Å²) in [7, 11) is 0. The smallest absolute Gasteiger partial charge is 0.333 e. The van der Waals surface area contributed by atoms with Gasteiger partial charge in [-0.1, -0.05) is 24.3 Å². The molecule has 1 amide bonds. The summed E-state index contributed by atoms with van der Waals surface area (Å²) in [6.07, 6.45) is 5.37. The second kappa shape index (κ2) is 7.98. The second-order valence-corrected chi connectivity index (χ2v) is 8.34. The van der Waals surface area contributed by atoms with Crippen molar-refractivity contribution in [1.29, 1.82) is 0 Å². The van der Waals surface area contributed by atoms with Crippen LogP contribution in [0.4, 0.5) is 11.4 Å². The topological polar surface area (TPSA) is 72.6 Å². The van der Waals surface area contributed by atoms with E-state index in [1.165, 1.54) is 0 Å². The van der Waals surface area contributed by atoms with E-state index in [1.54, 1.807) is 12.1 Å². The highest BCUT2D eigenvalue weighted by molar-refractivity contribution is 6.07. The minimum Gasteiger partial charge on any atom is -0.463 e. The second-order valence-electron chi connectivity index (χ2n) is 8.34. The van der Waals surface area contributed by atoms with Crippen LogP contribution in [0.5, 0.6) is 0 Å². The van der Waals surface area contributed by atoms with E-state index in [2.05, 4.69) is 12.1 Å². The van der Waals surface area contributed by atoms with Gasteiger partial charge in [-0.25, -0.2) is 4.79 Å². The first kappa shape index (κ1) is 20.2. The van der Waals surface area contributed by atoms with Gasteiger partial charge in [0, 0.05) is 29.1 Å². The summed E-state index contributed by atoms with van der Waals surface area (Å²) < 4.78 is 5.22. The maximum atomic E-state index is 13.4. The summed E-state index contributed by atoms with van der Waals surface area (Å²) in [4.78, 5) is 27.6. The summed E-state index contributed by atoms with van der Waals surface area (Å²) in [6, 6.07) is 13.5. The molecule has 0 radical (unpaired) electrons. The highest BCUT2D eigenvalue weighted by Gasteiger charge is 2.39. The minimum atomic E-state index is -0.211. The molecule has 156 valence electrons. The Labute approximate surface area is 177 Å². The molecule has 5 heteroatoms. The first-order valence-electron chi connectivity index (χ1n) is 10.6. The molecule has 1 aliphatic carbocycles. The number of allylic oxidation sites excluding steroid dienone is 1. The fourth-order valence-corrected chi connectivity index (χ4v) is 4.64. The Morgan fingerprint density at radius 2 is 1.97 bits per heavy atom. The van der Waals surface area contributed by atoms with E-state index < -0.39 is 0 Å². The zero-order valence-electron chi connectivity index (χ0n) is 17.6. The predicted octanol–water partition coefficient (Wildman–Crippen LogP) is 4.44. The highest BCUT2D eigenvalue weighted by atomic mass is 16.5. The molecule has 1 heterocycles. The zero-order chi connectivity index (χ0) is 21.3. The molecule has 0 bridgehead atoms. The molecule has 1 atom stereocenters. The van der Waals surface area contributed by atoms with Gasteiger partial charge in [0.25, 0.3) is 5.91 Å². The van der Waals surface area contributed by atoms with E-state index >= 15 is 0 Å². The van der Waals surface area contributed by atoms with Crippen LogP contribution in [-0.2, 0) is 16.0 Å². The number of anilines is 2. The molecule has 5 nitrogen and oxygen atoms in total. The standard InChI is InChI=1S/C25H28N2O3/c1-3-30-24(29)20-10-11-25(16-20)12-13-27(22-7-5-4-6-19(22)15-25)23(28)18-8-9-21(26)17(2)14-18/h4-9,14,16H,3,10-13,15,26H2,1-2H3/t25-/m0/s1. The van der Waals surface area contributed by atoms with Gasteiger partial charge in [-0.05, 0) is 80.3 Å². The molecule has 30 heavy (non-hydrogen) atoms. The van der Waals surface area contributed by atoms with Crippen LogP contribution in [0.2, 0.25) is 0 Å². The van der Waals surface area contributed by atoms with Gasteiger partial charge in [-0.2, -0.15) is 0 Å². The van der Waals surface area contributed by atoms with Crippen LogP contribution in [0.1, 0.15) is 47.7 Å². The van der Waals surface area contributed by atoms with E-state index in [1.807, 2.05) is 43.0 Å². The number of nitrogens with two attached hydrogens (primary N) is 1. The van der Waals surface area contributed by atoms with Crippen molar-refractivity contribution < 1.29 is 14.3 Å². The number of aryl methyl sites for hydroxylation is 1. The molecule has 4 rings (SSSR count). The summed E-state index contributed by atoms with van der Waals surface area (Å²) >= 11 is 0. The van der Waals surface area contributed by atoms with Crippen LogP contribution in [0, 0.1) is 12.3 Å². The maximum Gasteiger partial charge on any atom is 0.333 e. The van der Waals surface area contributed by atoms with Crippen LogP contribution in [0.3, 0.4) is 0 Å². The van der Waals surface area contributed by atoms with Crippen molar-refractivity contribution >= 4 is 23.3 Å². The number of carbonyl (C=O) groups excluding carboxylic acids is 2. The largest absolute Gasteiger partial charge is 0.463 e. The molecule has 1 spiro atoms. The first-order valence-corrected chi connectivity index (χ1v) is 10.6. The van der Waals surface area contributed by atoms with Gasteiger partial charge in [0.2, 0.25) is 0 Å². The fraction of sp³-hybridized carbons (Fsp3) is 0.360. The van der Waals surface area contributed by atoms with E-state index in [0.29, 0.717) is 24.4 Å². The number of amides is 1. The van der Waals surface area contributed by atoms with Crippen LogP contribution in [0.15, 0.2) is 54.1 Å². The van der Waals surface area contributed by atoms with Crippen LogP contribution in [-0.4, -0.2) is 25.0 Å². The number of fused-ring (bicyclic) bond motifs is 1. The third kappa shape index (κ3) is 3.72. The van der Waals surface area contributed by atoms with Crippen molar-refractivity contribution in [2.45, 2.75) is 39.5 Å². The molecule has 0 fully saturated rings. The van der Waals surface area contributed by atoms with Gasteiger partial charge in [-0.3, -0.25) is 4.79 Å². The van der Waals surface area contributed by atoms with Crippen molar-refractivity contribution in [2.24, 2.45) is 5.41 Å². The lowest BCUT2D eigenvalue weighted by molar-refractivity contribution is -0.138. The van der Waals surface area contributed by atoms with Crippen molar-refractivity contribution in [2.75, 3.05) is 23.8 Å². The number of rotatable bonds is 3. The number of carbonyl (C=O) groups is 2. The molecule has 0 aromatic heterocycles. The molecule has 0 unspecified atom stereocenters. The molecule has 2 aromatic rings. The van der Waals surface area contributed by atoms with Crippen molar-refractivity contribution in [1.82, 2.24) is 0 Å². The number of ether oxygens (including phenoxy) is 1. The quantitative estimate of drug-likeness (QED) is 0.606. The number of benzene rings is 2. The van der Waals surface area contributed by atoms with Crippen LogP contribution < -0.4 is 10.6 Å². The Morgan fingerprint density at radius 1 is 1.17 bits per heavy atom. The number of para-hydroxylation sites is 1. The van der Waals surface area contributed by atoms with Crippen LogP contribution in [0.25, 0.3) is 0 Å². The SMILES string of the molecule is CCOC(=O)C1=C[C@@]2(CC1)CCN(C(=O)c1ccc(N)c(C)c1)c1ccccc1C2. The fourth-order valence-electron chi connectivity index (χ4n) is 4.64. The molecule has 2 aromatic carbocycles. The lowest BCUT2D eigenvalue weighted by Crippen LogP contribution is -2.33. The lowest BCUT2D eigenvalue weighted by atomic mass is 9.79. The van der Waals surface area contributed by atoms with Gasteiger partial charge < -0.3 is 15.4 Å². The Balaban J connectivity index is 1.67. The van der Waals surface area contributed by atoms with E-state index in [9.17, 15) is 9.59 Å². The van der Waals surface area contributed by atoms with Crippen molar-refractivity contribution in [3.63, 3.8) is 0 Å². The average Bonchev–Trinajstić information content (AvgIpc) is 3.07. The normalized spacial score (nSPS) is 20.5. The number of hydrogen-bond acceptors (Lipinski definition) is 4. The summed E-state index contributed by atoms with van der Waals surface area (Å²) in [5.41, 5.74) is 10.9. The zero-order valence-corrected chi connectivity index (χ0v) is 17.6.